The van der Waals surface area contributed by atoms with Crippen LogP contribution in [0.4, 0.5) is 0 Å². The molecule has 0 aromatic carbocycles. The second-order valence-corrected chi connectivity index (χ2v) is 13.6. The predicted octanol–water partition coefficient (Wildman–Crippen LogP) is 8.28. The summed E-state index contributed by atoms with van der Waals surface area (Å²) < 4.78 is 12.0. The van der Waals surface area contributed by atoms with Gasteiger partial charge in [0.2, 0.25) is 0 Å². The van der Waals surface area contributed by atoms with Crippen molar-refractivity contribution in [3.05, 3.63) is 0 Å². The van der Waals surface area contributed by atoms with Gasteiger partial charge >= 0.3 is 0 Å². The molecule has 35 heavy (non-hydrogen) atoms. The van der Waals surface area contributed by atoms with Crippen molar-refractivity contribution in [3.8, 4) is 0 Å². The van der Waals surface area contributed by atoms with E-state index in [1.807, 2.05) is 0 Å². The smallest absolute Gasteiger partial charge is 0.145 e. The summed E-state index contributed by atoms with van der Waals surface area (Å²) in [7, 11) is 0. The number of carbonyl (C=O) groups is 1. The first-order chi connectivity index (χ1) is 17.1. The summed E-state index contributed by atoms with van der Waals surface area (Å²) in [5.41, 5.74) is 0.193. The first-order valence-electron chi connectivity index (χ1n) is 15.9. The molecule has 0 unspecified atom stereocenters. The van der Waals surface area contributed by atoms with Crippen LogP contribution in [-0.4, -0.2) is 31.2 Å². The van der Waals surface area contributed by atoms with Gasteiger partial charge in [0.15, 0.2) is 0 Å². The molecule has 3 heteroatoms. The molecule has 5 aliphatic rings. The highest BCUT2D eigenvalue weighted by Gasteiger charge is 2.63. The van der Waals surface area contributed by atoms with E-state index in [4.69, 9.17) is 9.47 Å². The molecule has 0 amide bonds. The molecule has 0 aromatic heterocycles. The number of Topliss-reactive ketones (excluding diaryl/α,β-unsaturated/α-hetero) is 1. The average molecular weight is 487 g/mol. The van der Waals surface area contributed by atoms with Crippen LogP contribution in [0.1, 0.15) is 136 Å². The van der Waals surface area contributed by atoms with Crippen molar-refractivity contribution in [2.24, 2.45) is 34.5 Å². The summed E-state index contributed by atoms with van der Waals surface area (Å²) in [6.07, 6.45) is 25.2. The molecule has 5 rings (SSSR count). The van der Waals surface area contributed by atoms with Crippen LogP contribution in [0.25, 0.3) is 0 Å². The molecule has 200 valence electrons. The molecule has 0 aliphatic heterocycles. The third-order valence-corrected chi connectivity index (χ3v) is 11.5. The Labute approximate surface area is 215 Å². The van der Waals surface area contributed by atoms with E-state index >= 15 is 0 Å². The van der Waals surface area contributed by atoms with E-state index in [-0.39, 0.29) is 10.8 Å². The second kappa shape index (κ2) is 11.5. The van der Waals surface area contributed by atoms with Gasteiger partial charge in [0.1, 0.15) is 5.78 Å². The zero-order valence-corrected chi connectivity index (χ0v) is 23.0. The van der Waals surface area contributed by atoms with Crippen LogP contribution in [0.15, 0.2) is 0 Å². The van der Waals surface area contributed by atoms with Crippen LogP contribution in [0.2, 0.25) is 0 Å². The van der Waals surface area contributed by atoms with E-state index in [0.717, 1.165) is 55.5 Å². The van der Waals surface area contributed by atoms with Crippen molar-refractivity contribution >= 4 is 5.78 Å². The van der Waals surface area contributed by atoms with Gasteiger partial charge in [-0.25, -0.2) is 0 Å². The highest BCUT2D eigenvalue weighted by atomic mass is 16.5. The van der Waals surface area contributed by atoms with Crippen LogP contribution in [0, 0.1) is 34.5 Å². The first kappa shape index (κ1) is 26.2. The molecule has 0 radical (unpaired) electrons. The third kappa shape index (κ3) is 5.57. The maximum atomic E-state index is 13.7. The predicted molar refractivity (Wildman–Crippen MR) is 142 cm³/mol. The van der Waals surface area contributed by atoms with E-state index in [1.54, 1.807) is 0 Å². The molecule has 0 N–H and O–H groups in total. The van der Waals surface area contributed by atoms with E-state index in [0.29, 0.717) is 12.2 Å². The van der Waals surface area contributed by atoms with Crippen LogP contribution in [0.5, 0.6) is 0 Å². The zero-order valence-electron chi connectivity index (χ0n) is 23.0. The van der Waals surface area contributed by atoms with Gasteiger partial charge in [0.05, 0.1) is 12.2 Å². The van der Waals surface area contributed by atoms with Gasteiger partial charge in [-0.1, -0.05) is 13.8 Å². The van der Waals surface area contributed by atoms with Crippen molar-refractivity contribution < 1.29 is 14.3 Å². The summed E-state index contributed by atoms with van der Waals surface area (Å²) in [6, 6.07) is 0. The standard InChI is InChI=1S/C32H54O3/c1-3-21-34-28-9-5-24(6-10-28)26-13-17-31(18-14-26)23-32(30(31)33)19-15-27(16-20-32)25-7-11-29(12-8-25)35-22-4-2/h24-29H,3-23H2,1-2H3/t24?,25?,26-,27?,28?,29?,31-,32-. The van der Waals surface area contributed by atoms with Gasteiger partial charge in [-0.2, -0.15) is 0 Å². The monoisotopic (exact) mass is 486 g/mol. The van der Waals surface area contributed by atoms with E-state index in [9.17, 15) is 4.79 Å². The Hall–Kier alpha value is -0.410. The van der Waals surface area contributed by atoms with Crippen LogP contribution < -0.4 is 0 Å². The van der Waals surface area contributed by atoms with Crippen molar-refractivity contribution in [3.63, 3.8) is 0 Å². The molecule has 0 heterocycles. The van der Waals surface area contributed by atoms with Gasteiger partial charge < -0.3 is 9.47 Å². The first-order valence-corrected chi connectivity index (χ1v) is 15.9. The Morgan fingerprint density at radius 1 is 0.571 bits per heavy atom. The molecule has 0 atom stereocenters. The normalized spacial score (nSPS) is 44.5. The average Bonchev–Trinajstić information content (AvgIpc) is 2.92. The lowest BCUT2D eigenvalue weighted by molar-refractivity contribution is -0.170. The van der Waals surface area contributed by atoms with Crippen molar-refractivity contribution in [2.75, 3.05) is 13.2 Å². The third-order valence-electron chi connectivity index (χ3n) is 11.5. The van der Waals surface area contributed by atoms with Crippen LogP contribution in [0.3, 0.4) is 0 Å². The molecule has 5 fully saturated rings. The number of ether oxygens (including phenoxy) is 2. The van der Waals surface area contributed by atoms with E-state index in [1.165, 1.54) is 109 Å². The molecule has 2 spiro atoms. The molecule has 0 aromatic rings. The highest BCUT2D eigenvalue weighted by Crippen LogP contribution is 2.65. The molecular weight excluding hydrogens is 432 g/mol. The Balaban J connectivity index is 1.03. The lowest BCUT2D eigenvalue weighted by Gasteiger charge is -2.60. The summed E-state index contributed by atoms with van der Waals surface area (Å²) in [4.78, 5) is 13.7. The van der Waals surface area contributed by atoms with Gasteiger partial charge in [0, 0.05) is 24.0 Å². The number of rotatable bonds is 8. The lowest BCUT2D eigenvalue weighted by atomic mass is 9.42. The number of carbonyl (C=O) groups excluding carboxylic acids is 1. The fourth-order valence-electron chi connectivity index (χ4n) is 9.42. The quantitative estimate of drug-likeness (QED) is 0.346. The lowest BCUT2D eigenvalue weighted by Crippen LogP contribution is -2.60. The van der Waals surface area contributed by atoms with Crippen molar-refractivity contribution in [1.29, 1.82) is 0 Å². The fourth-order valence-corrected chi connectivity index (χ4v) is 9.42. The van der Waals surface area contributed by atoms with Crippen LogP contribution >= 0.6 is 0 Å². The zero-order chi connectivity index (χ0) is 24.3. The number of hydrogen-bond acceptors (Lipinski definition) is 3. The maximum absolute atomic E-state index is 13.7. The Bertz CT molecular complexity index is 613. The molecule has 5 saturated carbocycles. The molecule has 5 aliphatic carbocycles. The minimum atomic E-state index is 0.0967. The topological polar surface area (TPSA) is 35.5 Å². The summed E-state index contributed by atoms with van der Waals surface area (Å²) in [5.74, 6) is 4.27. The molecular formula is C32H54O3. The van der Waals surface area contributed by atoms with Gasteiger partial charge in [-0.15, -0.1) is 0 Å². The Morgan fingerprint density at radius 2 is 0.914 bits per heavy atom. The Morgan fingerprint density at radius 3 is 1.23 bits per heavy atom. The van der Waals surface area contributed by atoms with Gasteiger partial charge in [0.25, 0.3) is 0 Å². The van der Waals surface area contributed by atoms with Crippen molar-refractivity contribution in [1.82, 2.24) is 0 Å². The molecule has 0 bridgehead atoms. The van der Waals surface area contributed by atoms with E-state index < -0.39 is 0 Å². The minimum Gasteiger partial charge on any atom is -0.378 e. The summed E-state index contributed by atoms with van der Waals surface area (Å²) in [6.45, 7) is 6.27. The van der Waals surface area contributed by atoms with E-state index in [2.05, 4.69) is 13.8 Å². The number of hydrogen-bond donors (Lipinski definition) is 0. The Kier molecular flexibility index (Phi) is 8.64. The fraction of sp³-hybridized carbons (Fsp3) is 0.969. The second-order valence-electron chi connectivity index (χ2n) is 13.6. The maximum Gasteiger partial charge on any atom is 0.145 e. The van der Waals surface area contributed by atoms with Gasteiger partial charge in [-0.3, -0.25) is 4.79 Å². The summed E-state index contributed by atoms with van der Waals surface area (Å²) in [5, 5.41) is 0. The number of ketones is 1. The van der Waals surface area contributed by atoms with Crippen LogP contribution in [-0.2, 0) is 14.3 Å². The largest absolute Gasteiger partial charge is 0.378 e. The van der Waals surface area contributed by atoms with Gasteiger partial charge in [-0.05, 0) is 146 Å². The summed E-state index contributed by atoms with van der Waals surface area (Å²) >= 11 is 0. The van der Waals surface area contributed by atoms with Crippen molar-refractivity contribution in [2.45, 2.75) is 148 Å². The highest BCUT2D eigenvalue weighted by molar-refractivity contribution is 5.96. The molecule has 0 saturated heterocycles. The molecule has 3 nitrogen and oxygen atoms in total. The minimum absolute atomic E-state index is 0.0967. The SMILES string of the molecule is CCCOC1CCC(C2CC[C@]3(CC2)C[C@@]2(CC[C@H](C4CCC(OCCC)CC4)CC2)C3=O)CC1.